The van der Waals surface area contributed by atoms with E-state index in [1.54, 1.807) is 4.68 Å². The maximum absolute atomic E-state index is 13.7. The number of benzene rings is 4. The topological polar surface area (TPSA) is 82.3 Å². The summed E-state index contributed by atoms with van der Waals surface area (Å²) in [5.74, 6) is -0.655. The van der Waals surface area contributed by atoms with Gasteiger partial charge >= 0.3 is 5.97 Å². The summed E-state index contributed by atoms with van der Waals surface area (Å²) in [5, 5.41) is 14.2. The third-order valence-corrected chi connectivity index (χ3v) is 6.65. The Bertz CT molecular complexity index is 1590. The number of esters is 1. The number of fused-ring (bicyclic) bond motifs is 2. The number of hydrogen-bond acceptors (Lipinski definition) is 6. The smallest absolute Gasteiger partial charge is 0.317 e. The number of ether oxygens (including phenoxy) is 1. The average Bonchev–Trinajstić information content (AvgIpc) is 3.39. The van der Waals surface area contributed by atoms with Crippen molar-refractivity contribution in [2.24, 2.45) is 10.9 Å². The van der Waals surface area contributed by atoms with Gasteiger partial charge in [-0.15, -0.1) is 0 Å². The summed E-state index contributed by atoms with van der Waals surface area (Å²) in [6.07, 6.45) is 0. The van der Waals surface area contributed by atoms with Crippen LogP contribution >= 0.6 is 0 Å². The maximum Gasteiger partial charge on any atom is 0.317 e. The van der Waals surface area contributed by atoms with Crippen molar-refractivity contribution in [1.82, 2.24) is 20.2 Å². The largest absolute Gasteiger partial charge is 0.460 e. The van der Waals surface area contributed by atoms with Crippen LogP contribution in [0.2, 0.25) is 0 Å². The number of carbonyl (C=O) groups excluding carboxylic acids is 1. The van der Waals surface area contributed by atoms with E-state index in [-0.39, 0.29) is 12.6 Å². The number of tetrazole rings is 1. The summed E-state index contributed by atoms with van der Waals surface area (Å²) >= 11 is 0. The van der Waals surface area contributed by atoms with Crippen molar-refractivity contribution in [3.05, 3.63) is 108 Å². The average molecular weight is 474 g/mol. The normalized spacial score (nSPS) is 16.9. The quantitative estimate of drug-likeness (QED) is 0.313. The van der Waals surface area contributed by atoms with Crippen LogP contribution in [0.25, 0.3) is 21.9 Å². The van der Waals surface area contributed by atoms with Gasteiger partial charge in [0.15, 0.2) is 0 Å². The van der Waals surface area contributed by atoms with Gasteiger partial charge in [0.25, 0.3) is 5.95 Å². The van der Waals surface area contributed by atoms with Gasteiger partial charge in [-0.1, -0.05) is 102 Å². The summed E-state index contributed by atoms with van der Waals surface area (Å²) in [6, 6.07) is 31.7. The van der Waals surface area contributed by atoms with Crippen LogP contribution in [0.5, 0.6) is 0 Å². The lowest BCUT2D eigenvalue weighted by Crippen LogP contribution is -2.37. The molecule has 0 bridgehead atoms. The predicted molar refractivity (Wildman–Crippen MR) is 138 cm³/mol. The number of carbonyl (C=O) groups is 1. The molecule has 4 aromatic carbocycles. The lowest BCUT2D eigenvalue weighted by Gasteiger charge is -2.30. The zero-order chi connectivity index (χ0) is 24.5. The second-order valence-corrected chi connectivity index (χ2v) is 8.80. The highest BCUT2D eigenvalue weighted by Crippen LogP contribution is 2.38. The van der Waals surface area contributed by atoms with Crippen molar-refractivity contribution in [3.63, 3.8) is 0 Å². The van der Waals surface area contributed by atoms with E-state index in [0.29, 0.717) is 11.7 Å². The highest BCUT2D eigenvalue weighted by molar-refractivity contribution is 6.04. The van der Waals surface area contributed by atoms with Gasteiger partial charge in [0.2, 0.25) is 0 Å². The fraction of sp³-hybridized carbons (Fsp3) is 0.138. The van der Waals surface area contributed by atoms with Crippen molar-refractivity contribution in [2.75, 3.05) is 0 Å². The van der Waals surface area contributed by atoms with Gasteiger partial charge in [0.05, 0.1) is 0 Å². The van der Waals surface area contributed by atoms with Crippen LogP contribution in [0.15, 0.2) is 102 Å². The lowest BCUT2D eigenvalue weighted by molar-refractivity contribution is -0.148. The van der Waals surface area contributed by atoms with Gasteiger partial charge in [-0.05, 0) is 50.4 Å². The van der Waals surface area contributed by atoms with E-state index in [4.69, 9.17) is 4.74 Å². The molecule has 0 radical (unpaired) electrons. The zero-order valence-electron chi connectivity index (χ0n) is 19.7. The van der Waals surface area contributed by atoms with Gasteiger partial charge in [-0.25, -0.2) is 9.67 Å². The first kappa shape index (κ1) is 21.9. The van der Waals surface area contributed by atoms with Gasteiger partial charge in [0, 0.05) is 5.71 Å². The van der Waals surface area contributed by atoms with Crippen LogP contribution in [0.3, 0.4) is 0 Å². The predicted octanol–water partition coefficient (Wildman–Crippen LogP) is 5.55. The van der Waals surface area contributed by atoms with E-state index < -0.39 is 12.0 Å². The summed E-state index contributed by atoms with van der Waals surface area (Å²) in [4.78, 5) is 18.2. The Kier molecular flexibility index (Phi) is 5.58. The van der Waals surface area contributed by atoms with Crippen molar-refractivity contribution < 1.29 is 9.53 Å². The summed E-state index contributed by atoms with van der Waals surface area (Å²) in [5.41, 5.74) is 4.62. The van der Waals surface area contributed by atoms with E-state index in [9.17, 15) is 4.79 Å². The molecule has 176 valence electrons. The molecule has 2 heterocycles. The molecule has 1 aliphatic heterocycles. The Balaban J connectivity index is 1.36. The number of aromatic nitrogens is 4. The van der Waals surface area contributed by atoms with Crippen LogP contribution in [-0.4, -0.2) is 31.9 Å². The molecule has 2 unspecified atom stereocenters. The molecule has 2 atom stereocenters. The molecule has 1 aromatic heterocycles. The van der Waals surface area contributed by atoms with E-state index in [1.165, 1.54) is 0 Å². The molecule has 7 nitrogen and oxygen atoms in total. The van der Waals surface area contributed by atoms with Crippen LogP contribution in [0, 0.1) is 5.92 Å². The number of hydrogen-bond donors (Lipinski definition) is 0. The van der Waals surface area contributed by atoms with Crippen molar-refractivity contribution in [2.45, 2.75) is 19.6 Å². The van der Waals surface area contributed by atoms with Crippen molar-refractivity contribution in [3.8, 4) is 11.1 Å². The molecule has 7 heteroatoms. The summed E-state index contributed by atoms with van der Waals surface area (Å²) in [7, 11) is 0. The first-order chi connectivity index (χ1) is 17.7. The standard InChI is InChI=1S/C29H23N5O2/c1-19-26(28(35)36-18-22-13-6-7-15-23(22)20-10-3-2-4-11-20)27(34-29(30-19)31-32-33-34)25-17-9-14-21-12-5-8-16-24(21)25/h2-17,26-27H,18H2,1H3. The van der Waals surface area contributed by atoms with Crippen LogP contribution in [-0.2, 0) is 16.1 Å². The first-order valence-corrected chi connectivity index (χ1v) is 11.8. The SMILES string of the molecule is CC1=Nc2nnnn2C(c2cccc3ccccc23)C1C(=O)OCc1ccccc1-c1ccccc1. The third-order valence-electron chi connectivity index (χ3n) is 6.65. The molecule has 0 N–H and O–H groups in total. The number of aliphatic imine (C=N–C) groups is 1. The fourth-order valence-corrected chi connectivity index (χ4v) is 4.94. The Morgan fingerprint density at radius 2 is 1.64 bits per heavy atom. The Morgan fingerprint density at radius 3 is 2.53 bits per heavy atom. The Hall–Kier alpha value is -4.65. The molecule has 0 spiro atoms. The molecule has 36 heavy (non-hydrogen) atoms. The molecular formula is C29H23N5O2. The van der Waals surface area contributed by atoms with Crippen LogP contribution in [0.1, 0.15) is 24.1 Å². The van der Waals surface area contributed by atoms with E-state index in [0.717, 1.165) is 33.0 Å². The maximum atomic E-state index is 13.7. The molecule has 0 fully saturated rings. The second kappa shape index (κ2) is 9.19. The number of rotatable bonds is 5. The zero-order valence-corrected chi connectivity index (χ0v) is 19.7. The first-order valence-electron chi connectivity index (χ1n) is 11.8. The Labute approximate surface area is 208 Å². The minimum atomic E-state index is -0.671. The molecule has 0 saturated heterocycles. The molecule has 6 rings (SSSR count). The Morgan fingerprint density at radius 1 is 0.889 bits per heavy atom. The highest BCUT2D eigenvalue weighted by atomic mass is 16.5. The fourth-order valence-electron chi connectivity index (χ4n) is 4.94. The van der Waals surface area contributed by atoms with Gasteiger partial charge in [0.1, 0.15) is 18.6 Å². The van der Waals surface area contributed by atoms with Gasteiger partial charge < -0.3 is 4.74 Å². The molecule has 0 aliphatic carbocycles. The minimum absolute atomic E-state index is 0.151. The minimum Gasteiger partial charge on any atom is -0.460 e. The van der Waals surface area contributed by atoms with Gasteiger partial charge in [-0.3, -0.25) is 4.79 Å². The molecule has 1 aliphatic rings. The van der Waals surface area contributed by atoms with E-state index in [2.05, 4.69) is 32.7 Å². The summed E-state index contributed by atoms with van der Waals surface area (Å²) < 4.78 is 7.58. The monoisotopic (exact) mass is 473 g/mol. The molecule has 0 amide bonds. The summed E-state index contributed by atoms with van der Waals surface area (Å²) in [6.45, 7) is 1.98. The van der Waals surface area contributed by atoms with Crippen LogP contribution in [0.4, 0.5) is 5.95 Å². The number of nitrogens with zero attached hydrogens (tertiary/aromatic N) is 5. The van der Waals surface area contributed by atoms with Gasteiger partial charge in [-0.2, -0.15) is 0 Å². The third kappa shape index (κ3) is 3.84. The van der Waals surface area contributed by atoms with E-state index in [1.807, 2.05) is 91.9 Å². The highest BCUT2D eigenvalue weighted by Gasteiger charge is 2.41. The lowest BCUT2D eigenvalue weighted by atomic mass is 9.86. The molecule has 5 aromatic rings. The van der Waals surface area contributed by atoms with E-state index >= 15 is 0 Å². The molecular weight excluding hydrogens is 450 g/mol. The van der Waals surface area contributed by atoms with Crippen molar-refractivity contribution >= 4 is 28.4 Å². The van der Waals surface area contributed by atoms with Crippen LogP contribution < -0.4 is 0 Å². The second-order valence-electron chi connectivity index (χ2n) is 8.80. The van der Waals surface area contributed by atoms with Crippen molar-refractivity contribution in [1.29, 1.82) is 0 Å². The molecule has 0 saturated carbocycles.